The summed E-state index contributed by atoms with van der Waals surface area (Å²) in [5.74, 6) is 0.610. The van der Waals surface area contributed by atoms with E-state index in [1.165, 1.54) is 32.6 Å². The van der Waals surface area contributed by atoms with Gasteiger partial charge in [-0.2, -0.15) is 0 Å². The zero-order valence-corrected chi connectivity index (χ0v) is 9.87. The van der Waals surface area contributed by atoms with E-state index in [1.807, 2.05) is 0 Å². The molecule has 2 N–H and O–H groups in total. The van der Waals surface area contributed by atoms with Crippen molar-refractivity contribution < 1.29 is 0 Å². The molecule has 0 saturated carbocycles. The Morgan fingerprint density at radius 3 is 2.50 bits per heavy atom. The van der Waals surface area contributed by atoms with Crippen molar-refractivity contribution >= 4 is 0 Å². The van der Waals surface area contributed by atoms with Crippen molar-refractivity contribution in [3.63, 3.8) is 0 Å². The fourth-order valence-corrected chi connectivity index (χ4v) is 2.03. The third-order valence-corrected chi connectivity index (χ3v) is 3.53. The Bertz CT molecular complexity index is 161. The molecule has 84 valence electrons. The summed E-state index contributed by atoms with van der Waals surface area (Å²) in [5, 5.41) is 0. The standard InChI is InChI=1S/C11H25N3/c1-10(9-12)11(2)14-6-4-5-13(3)7-8-14/h10-11H,4-9,12H2,1-3H3. The van der Waals surface area contributed by atoms with E-state index in [2.05, 4.69) is 30.7 Å². The summed E-state index contributed by atoms with van der Waals surface area (Å²) in [6.07, 6.45) is 1.29. The first kappa shape index (κ1) is 12.0. The van der Waals surface area contributed by atoms with Crippen LogP contribution in [0.25, 0.3) is 0 Å². The van der Waals surface area contributed by atoms with Crippen LogP contribution in [0.2, 0.25) is 0 Å². The fraction of sp³-hybridized carbons (Fsp3) is 1.00. The summed E-state index contributed by atoms with van der Waals surface area (Å²) in [5.41, 5.74) is 5.71. The molecule has 0 aromatic carbocycles. The SMILES string of the molecule is CC(CN)C(C)N1CCCN(C)CC1. The highest BCUT2D eigenvalue weighted by Gasteiger charge is 2.20. The quantitative estimate of drug-likeness (QED) is 0.723. The van der Waals surface area contributed by atoms with Crippen LogP contribution in [0.1, 0.15) is 20.3 Å². The highest BCUT2D eigenvalue weighted by Crippen LogP contribution is 2.12. The topological polar surface area (TPSA) is 32.5 Å². The molecule has 1 aliphatic rings. The van der Waals surface area contributed by atoms with Crippen LogP contribution in [-0.4, -0.2) is 55.6 Å². The maximum atomic E-state index is 5.71. The third-order valence-electron chi connectivity index (χ3n) is 3.53. The predicted molar refractivity (Wildman–Crippen MR) is 61.4 cm³/mol. The molecule has 1 saturated heterocycles. The maximum absolute atomic E-state index is 5.71. The molecule has 0 bridgehead atoms. The molecule has 0 radical (unpaired) electrons. The summed E-state index contributed by atoms with van der Waals surface area (Å²) >= 11 is 0. The van der Waals surface area contributed by atoms with E-state index in [-0.39, 0.29) is 0 Å². The van der Waals surface area contributed by atoms with Gasteiger partial charge in [0.15, 0.2) is 0 Å². The minimum Gasteiger partial charge on any atom is -0.330 e. The summed E-state index contributed by atoms with van der Waals surface area (Å²) in [4.78, 5) is 5.00. The van der Waals surface area contributed by atoms with Gasteiger partial charge in [-0.3, -0.25) is 4.90 Å². The van der Waals surface area contributed by atoms with Gasteiger partial charge in [0.25, 0.3) is 0 Å². The molecule has 14 heavy (non-hydrogen) atoms. The van der Waals surface area contributed by atoms with E-state index in [1.54, 1.807) is 0 Å². The lowest BCUT2D eigenvalue weighted by molar-refractivity contribution is 0.170. The van der Waals surface area contributed by atoms with Crippen LogP contribution in [0.4, 0.5) is 0 Å². The zero-order chi connectivity index (χ0) is 10.6. The molecule has 2 atom stereocenters. The molecular formula is C11H25N3. The van der Waals surface area contributed by atoms with E-state index >= 15 is 0 Å². The highest BCUT2D eigenvalue weighted by molar-refractivity contribution is 4.76. The van der Waals surface area contributed by atoms with Crippen molar-refractivity contribution in [3.8, 4) is 0 Å². The first-order valence-corrected chi connectivity index (χ1v) is 5.77. The van der Waals surface area contributed by atoms with Gasteiger partial charge in [-0.1, -0.05) is 6.92 Å². The van der Waals surface area contributed by atoms with E-state index < -0.39 is 0 Å². The summed E-state index contributed by atoms with van der Waals surface area (Å²) in [6, 6.07) is 0.631. The predicted octanol–water partition coefficient (Wildman–Crippen LogP) is 0.607. The fourth-order valence-electron chi connectivity index (χ4n) is 2.03. The van der Waals surface area contributed by atoms with Crippen LogP contribution in [0.15, 0.2) is 0 Å². The van der Waals surface area contributed by atoms with Gasteiger partial charge in [0.1, 0.15) is 0 Å². The molecule has 1 rings (SSSR count). The second-order valence-electron chi connectivity index (χ2n) is 4.65. The smallest absolute Gasteiger partial charge is 0.0112 e. The number of nitrogens with zero attached hydrogens (tertiary/aromatic N) is 2. The van der Waals surface area contributed by atoms with Crippen LogP contribution in [0, 0.1) is 5.92 Å². The van der Waals surface area contributed by atoms with Gasteiger partial charge < -0.3 is 10.6 Å². The van der Waals surface area contributed by atoms with Gasteiger partial charge in [0.2, 0.25) is 0 Å². The van der Waals surface area contributed by atoms with E-state index in [9.17, 15) is 0 Å². The van der Waals surface area contributed by atoms with Gasteiger partial charge >= 0.3 is 0 Å². The highest BCUT2D eigenvalue weighted by atomic mass is 15.2. The van der Waals surface area contributed by atoms with Crippen molar-refractivity contribution in [1.82, 2.24) is 9.80 Å². The molecule has 2 unspecified atom stereocenters. The normalized spacial score (nSPS) is 25.7. The molecule has 3 heteroatoms. The van der Waals surface area contributed by atoms with Crippen LogP contribution < -0.4 is 5.73 Å². The van der Waals surface area contributed by atoms with Crippen molar-refractivity contribution in [3.05, 3.63) is 0 Å². The Labute approximate surface area is 88.2 Å². The summed E-state index contributed by atoms with van der Waals surface area (Å²) in [6.45, 7) is 10.2. The van der Waals surface area contributed by atoms with Gasteiger partial charge in [-0.05, 0) is 45.9 Å². The minimum atomic E-state index is 0.610. The first-order valence-electron chi connectivity index (χ1n) is 5.77. The van der Waals surface area contributed by atoms with Gasteiger partial charge in [0.05, 0.1) is 0 Å². The summed E-state index contributed by atoms with van der Waals surface area (Å²) < 4.78 is 0. The van der Waals surface area contributed by atoms with E-state index in [0.717, 1.165) is 6.54 Å². The first-order chi connectivity index (χ1) is 6.65. The molecule has 0 aliphatic carbocycles. The Morgan fingerprint density at radius 1 is 1.14 bits per heavy atom. The van der Waals surface area contributed by atoms with Gasteiger partial charge in [0, 0.05) is 19.1 Å². The molecule has 0 aromatic rings. The van der Waals surface area contributed by atoms with Crippen LogP contribution in [-0.2, 0) is 0 Å². The second kappa shape index (κ2) is 5.69. The lowest BCUT2D eigenvalue weighted by Crippen LogP contribution is -2.42. The number of nitrogens with two attached hydrogens (primary N) is 1. The Morgan fingerprint density at radius 2 is 1.86 bits per heavy atom. The molecule has 0 amide bonds. The molecule has 1 aliphatic heterocycles. The lowest BCUT2D eigenvalue weighted by atomic mass is 10.0. The molecular weight excluding hydrogens is 174 g/mol. The largest absolute Gasteiger partial charge is 0.330 e. The Balaban J connectivity index is 2.42. The number of likely N-dealkylation sites (N-methyl/N-ethyl adjacent to an activating group) is 1. The van der Waals surface area contributed by atoms with Crippen molar-refractivity contribution in [2.75, 3.05) is 39.8 Å². The van der Waals surface area contributed by atoms with Crippen LogP contribution in [0.3, 0.4) is 0 Å². The van der Waals surface area contributed by atoms with Gasteiger partial charge in [-0.25, -0.2) is 0 Å². The maximum Gasteiger partial charge on any atom is 0.0112 e. The Hall–Kier alpha value is -0.120. The zero-order valence-electron chi connectivity index (χ0n) is 9.87. The van der Waals surface area contributed by atoms with E-state index in [4.69, 9.17) is 5.73 Å². The number of hydrogen-bond acceptors (Lipinski definition) is 3. The number of hydrogen-bond donors (Lipinski definition) is 1. The molecule has 0 spiro atoms. The molecule has 0 aromatic heterocycles. The second-order valence-corrected chi connectivity index (χ2v) is 4.65. The third kappa shape index (κ3) is 3.23. The van der Waals surface area contributed by atoms with Crippen LogP contribution in [0.5, 0.6) is 0 Å². The van der Waals surface area contributed by atoms with Crippen molar-refractivity contribution in [2.24, 2.45) is 11.7 Å². The average Bonchev–Trinajstić information content (AvgIpc) is 2.40. The Kier molecular flexibility index (Phi) is 4.85. The molecule has 1 fully saturated rings. The number of rotatable bonds is 3. The van der Waals surface area contributed by atoms with Gasteiger partial charge in [-0.15, -0.1) is 0 Å². The summed E-state index contributed by atoms with van der Waals surface area (Å²) in [7, 11) is 2.21. The molecule has 3 nitrogen and oxygen atoms in total. The van der Waals surface area contributed by atoms with Crippen molar-refractivity contribution in [2.45, 2.75) is 26.3 Å². The van der Waals surface area contributed by atoms with Crippen molar-refractivity contribution in [1.29, 1.82) is 0 Å². The minimum absolute atomic E-state index is 0.610. The lowest BCUT2D eigenvalue weighted by Gasteiger charge is -2.31. The average molecular weight is 199 g/mol. The monoisotopic (exact) mass is 199 g/mol. The van der Waals surface area contributed by atoms with Crippen LogP contribution >= 0.6 is 0 Å². The van der Waals surface area contributed by atoms with E-state index in [0.29, 0.717) is 12.0 Å². The molecule has 1 heterocycles.